The molecule has 170 valence electrons. The summed E-state index contributed by atoms with van der Waals surface area (Å²) in [6.07, 6.45) is 0.778. The van der Waals surface area contributed by atoms with Gasteiger partial charge in [0.2, 0.25) is 0 Å². The molecule has 0 bridgehead atoms. The highest BCUT2D eigenvalue weighted by Crippen LogP contribution is 2.26. The third-order valence-corrected chi connectivity index (χ3v) is 5.16. The first-order chi connectivity index (χ1) is 16.5. The number of hydrogen-bond acceptors (Lipinski definition) is 5. The van der Waals surface area contributed by atoms with Crippen LogP contribution < -0.4 is 14.9 Å². The van der Waals surface area contributed by atoms with Crippen molar-refractivity contribution in [1.82, 2.24) is 5.43 Å². The molecule has 6 heteroatoms. The molecule has 0 aliphatic heterocycles. The summed E-state index contributed by atoms with van der Waals surface area (Å²) in [5.41, 5.74) is 4.71. The standard InChI is InChI=1S/C28H24N2O4/c1-19-7-5-10-23(17-19)28(32)34-24-15-13-21(14-16-24)18-29-30-27(31)20(2)33-26-12-6-9-22-8-3-4-11-25(22)26/h3-18,20H,1-2H3,(H,30,31)/b29-18+. The molecule has 0 fully saturated rings. The lowest BCUT2D eigenvalue weighted by Crippen LogP contribution is -2.33. The van der Waals surface area contributed by atoms with Crippen LogP contribution in [0, 0.1) is 6.92 Å². The molecule has 1 N–H and O–H groups in total. The SMILES string of the molecule is Cc1cccc(C(=O)Oc2ccc(/C=N/NC(=O)C(C)Oc3cccc4ccccc34)cc2)c1. The quantitative estimate of drug-likeness (QED) is 0.179. The van der Waals surface area contributed by atoms with Gasteiger partial charge in [-0.2, -0.15) is 5.10 Å². The second-order valence-electron chi connectivity index (χ2n) is 7.80. The molecule has 4 rings (SSSR count). The minimum absolute atomic E-state index is 0.368. The first-order valence-electron chi connectivity index (χ1n) is 10.9. The van der Waals surface area contributed by atoms with Crippen molar-refractivity contribution >= 4 is 28.9 Å². The van der Waals surface area contributed by atoms with Crippen LogP contribution in [0.5, 0.6) is 11.5 Å². The largest absolute Gasteiger partial charge is 0.480 e. The van der Waals surface area contributed by atoms with E-state index in [1.165, 1.54) is 6.21 Å². The van der Waals surface area contributed by atoms with Crippen LogP contribution in [-0.4, -0.2) is 24.2 Å². The van der Waals surface area contributed by atoms with E-state index in [9.17, 15) is 9.59 Å². The zero-order valence-electron chi connectivity index (χ0n) is 18.9. The number of nitrogens with one attached hydrogen (secondary N) is 1. The normalized spacial score (nSPS) is 11.8. The van der Waals surface area contributed by atoms with Crippen molar-refractivity contribution in [2.45, 2.75) is 20.0 Å². The maximum Gasteiger partial charge on any atom is 0.343 e. The molecule has 1 atom stereocenters. The summed E-state index contributed by atoms with van der Waals surface area (Å²) in [7, 11) is 0. The minimum atomic E-state index is -0.730. The summed E-state index contributed by atoms with van der Waals surface area (Å²) in [6.45, 7) is 3.59. The fraction of sp³-hybridized carbons (Fsp3) is 0.107. The predicted octanol–water partition coefficient (Wildman–Crippen LogP) is 5.29. The van der Waals surface area contributed by atoms with E-state index < -0.39 is 12.1 Å². The number of fused-ring (bicyclic) bond motifs is 1. The highest BCUT2D eigenvalue weighted by Gasteiger charge is 2.15. The summed E-state index contributed by atoms with van der Waals surface area (Å²) in [6, 6.07) is 27.6. The molecule has 6 nitrogen and oxygen atoms in total. The molecular weight excluding hydrogens is 428 g/mol. The number of carbonyl (C=O) groups excluding carboxylic acids is 2. The van der Waals surface area contributed by atoms with E-state index in [0.29, 0.717) is 17.1 Å². The Morgan fingerprint density at radius 2 is 1.65 bits per heavy atom. The van der Waals surface area contributed by atoms with Crippen LogP contribution in [0.1, 0.15) is 28.4 Å². The number of amides is 1. The Hall–Kier alpha value is -4.45. The summed E-state index contributed by atoms with van der Waals surface area (Å²) in [5.74, 6) is 0.274. The van der Waals surface area contributed by atoms with Crippen molar-refractivity contribution in [2.75, 3.05) is 0 Å². The van der Waals surface area contributed by atoms with E-state index in [1.807, 2.05) is 61.5 Å². The Balaban J connectivity index is 1.31. The van der Waals surface area contributed by atoms with Crippen LogP contribution in [0.25, 0.3) is 10.8 Å². The third-order valence-electron chi connectivity index (χ3n) is 5.16. The highest BCUT2D eigenvalue weighted by atomic mass is 16.5. The van der Waals surface area contributed by atoms with E-state index in [1.54, 1.807) is 43.3 Å². The van der Waals surface area contributed by atoms with Gasteiger partial charge in [0.25, 0.3) is 5.91 Å². The van der Waals surface area contributed by atoms with Gasteiger partial charge in [-0.1, -0.05) is 54.1 Å². The van der Waals surface area contributed by atoms with E-state index in [2.05, 4.69) is 10.5 Å². The lowest BCUT2D eigenvalue weighted by Gasteiger charge is -2.14. The van der Waals surface area contributed by atoms with Gasteiger partial charge in [-0.25, -0.2) is 10.2 Å². The molecule has 0 aromatic heterocycles. The number of nitrogens with zero attached hydrogens (tertiary/aromatic N) is 1. The summed E-state index contributed by atoms with van der Waals surface area (Å²) in [4.78, 5) is 24.7. The number of esters is 1. The van der Waals surface area contributed by atoms with Crippen LogP contribution in [-0.2, 0) is 4.79 Å². The van der Waals surface area contributed by atoms with Gasteiger partial charge < -0.3 is 9.47 Å². The summed E-state index contributed by atoms with van der Waals surface area (Å²) in [5, 5.41) is 5.98. The number of hydrazone groups is 1. The van der Waals surface area contributed by atoms with Gasteiger partial charge in [-0.3, -0.25) is 4.79 Å². The Kier molecular flexibility index (Phi) is 6.98. The Morgan fingerprint density at radius 3 is 2.44 bits per heavy atom. The predicted molar refractivity (Wildman–Crippen MR) is 132 cm³/mol. The first-order valence-corrected chi connectivity index (χ1v) is 10.9. The zero-order valence-corrected chi connectivity index (χ0v) is 18.9. The lowest BCUT2D eigenvalue weighted by atomic mass is 10.1. The number of carbonyl (C=O) groups is 2. The molecule has 4 aromatic rings. The number of rotatable bonds is 7. The molecule has 0 saturated carbocycles. The maximum atomic E-state index is 12.4. The number of hydrogen-bond donors (Lipinski definition) is 1. The fourth-order valence-corrected chi connectivity index (χ4v) is 3.36. The monoisotopic (exact) mass is 452 g/mol. The first kappa shape index (κ1) is 22.7. The Morgan fingerprint density at radius 1 is 0.912 bits per heavy atom. The molecule has 34 heavy (non-hydrogen) atoms. The fourth-order valence-electron chi connectivity index (χ4n) is 3.36. The van der Waals surface area contributed by atoms with Crippen LogP contribution in [0.3, 0.4) is 0 Å². The van der Waals surface area contributed by atoms with Gasteiger partial charge in [-0.05, 0) is 67.3 Å². The van der Waals surface area contributed by atoms with Crippen LogP contribution in [0.2, 0.25) is 0 Å². The van der Waals surface area contributed by atoms with E-state index in [-0.39, 0.29) is 5.91 Å². The second-order valence-corrected chi connectivity index (χ2v) is 7.80. The maximum absolute atomic E-state index is 12.4. The third kappa shape index (κ3) is 5.66. The number of benzene rings is 4. The van der Waals surface area contributed by atoms with Gasteiger partial charge in [0.1, 0.15) is 11.5 Å². The van der Waals surface area contributed by atoms with Crippen LogP contribution in [0.15, 0.2) is 96.1 Å². The smallest absolute Gasteiger partial charge is 0.343 e. The van der Waals surface area contributed by atoms with Gasteiger partial charge in [0.15, 0.2) is 6.10 Å². The summed E-state index contributed by atoms with van der Waals surface area (Å²) < 4.78 is 11.3. The second kappa shape index (κ2) is 10.4. The van der Waals surface area contributed by atoms with E-state index in [0.717, 1.165) is 21.9 Å². The minimum Gasteiger partial charge on any atom is -0.480 e. The van der Waals surface area contributed by atoms with Crippen molar-refractivity contribution in [1.29, 1.82) is 0 Å². The van der Waals surface area contributed by atoms with E-state index in [4.69, 9.17) is 9.47 Å². The van der Waals surface area contributed by atoms with Gasteiger partial charge in [0, 0.05) is 5.39 Å². The Labute approximate surface area is 197 Å². The van der Waals surface area contributed by atoms with Crippen LogP contribution >= 0.6 is 0 Å². The van der Waals surface area contributed by atoms with Crippen molar-refractivity contribution in [3.63, 3.8) is 0 Å². The molecular formula is C28H24N2O4. The summed E-state index contributed by atoms with van der Waals surface area (Å²) >= 11 is 0. The molecule has 1 unspecified atom stereocenters. The molecule has 0 spiro atoms. The van der Waals surface area contributed by atoms with Gasteiger partial charge in [-0.15, -0.1) is 0 Å². The molecule has 0 aliphatic carbocycles. The molecule has 0 saturated heterocycles. The average molecular weight is 453 g/mol. The highest BCUT2D eigenvalue weighted by molar-refractivity contribution is 5.91. The van der Waals surface area contributed by atoms with Gasteiger partial charge >= 0.3 is 5.97 Å². The molecule has 0 aliphatic rings. The van der Waals surface area contributed by atoms with Crippen molar-refractivity contribution < 1.29 is 19.1 Å². The zero-order chi connectivity index (χ0) is 23.9. The van der Waals surface area contributed by atoms with Crippen molar-refractivity contribution in [3.8, 4) is 11.5 Å². The Bertz CT molecular complexity index is 1340. The van der Waals surface area contributed by atoms with Crippen molar-refractivity contribution in [2.24, 2.45) is 5.10 Å². The topological polar surface area (TPSA) is 77.0 Å². The average Bonchev–Trinajstić information content (AvgIpc) is 2.85. The molecule has 1 amide bonds. The lowest BCUT2D eigenvalue weighted by molar-refractivity contribution is -0.127. The van der Waals surface area contributed by atoms with Gasteiger partial charge in [0.05, 0.1) is 11.8 Å². The molecule has 0 heterocycles. The number of ether oxygens (including phenoxy) is 2. The van der Waals surface area contributed by atoms with E-state index >= 15 is 0 Å². The van der Waals surface area contributed by atoms with Crippen molar-refractivity contribution in [3.05, 3.63) is 108 Å². The number of aryl methyl sites for hydroxylation is 1. The molecule has 4 aromatic carbocycles. The van der Waals surface area contributed by atoms with Crippen LogP contribution in [0.4, 0.5) is 0 Å². The molecule has 0 radical (unpaired) electrons.